The molecule has 2 aromatic rings. The zero-order valence-electron chi connectivity index (χ0n) is 15.4. The molecule has 140 valence electrons. The standard InChI is InChI=1S/C21H22N2O4/c1-21-8-7-12(24)9-18(21)23-16(20(25)26-2)10-14-13-5-3-4-6-15(13)22-19(14)17(23)11-27-21/h3-8,16-18,22H,9-11H2,1-2H3/t16-,17+,18-,21+/m1/s1. The highest BCUT2D eigenvalue weighted by Crippen LogP contribution is 2.46. The Bertz CT molecular complexity index is 978. The lowest BCUT2D eigenvalue weighted by atomic mass is 9.79. The number of ketones is 1. The van der Waals surface area contributed by atoms with Gasteiger partial charge in [-0.1, -0.05) is 18.2 Å². The van der Waals surface area contributed by atoms with Crippen LogP contribution in [-0.4, -0.2) is 53.0 Å². The molecule has 0 radical (unpaired) electrons. The van der Waals surface area contributed by atoms with Gasteiger partial charge in [-0.25, -0.2) is 0 Å². The van der Waals surface area contributed by atoms with E-state index in [1.807, 2.05) is 31.2 Å². The normalized spacial score (nSPS) is 32.7. The number of methoxy groups -OCH3 is 1. The van der Waals surface area contributed by atoms with Crippen LogP contribution in [0, 0.1) is 0 Å². The number of fused-ring (bicyclic) bond motifs is 7. The van der Waals surface area contributed by atoms with Gasteiger partial charge in [0.1, 0.15) is 6.04 Å². The summed E-state index contributed by atoms with van der Waals surface area (Å²) in [5.41, 5.74) is 2.70. The van der Waals surface area contributed by atoms with Gasteiger partial charge in [0.05, 0.1) is 31.4 Å². The lowest BCUT2D eigenvalue weighted by Crippen LogP contribution is -2.66. The molecule has 0 amide bonds. The van der Waals surface area contributed by atoms with Crippen molar-refractivity contribution in [3.8, 4) is 0 Å². The summed E-state index contributed by atoms with van der Waals surface area (Å²) in [4.78, 5) is 30.6. The van der Waals surface area contributed by atoms with Crippen LogP contribution in [0.25, 0.3) is 10.9 Å². The molecule has 0 unspecified atom stereocenters. The van der Waals surface area contributed by atoms with Gasteiger partial charge in [-0.3, -0.25) is 14.5 Å². The van der Waals surface area contributed by atoms with Crippen LogP contribution in [0.15, 0.2) is 36.4 Å². The second-order valence-electron chi connectivity index (χ2n) is 7.78. The summed E-state index contributed by atoms with van der Waals surface area (Å²) >= 11 is 0. The predicted octanol–water partition coefficient (Wildman–Crippen LogP) is 2.30. The van der Waals surface area contributed by atoms with Gasteiger partial charge in [0.25, 0.3) is 0 Å². The highest BCUT2D eigenvalue weighted by molar-refractivity contribution is 5.92. The summed E-state index contributed by atoms with van der Waals surface area (Å²) in [5, 5.41) is 1.13. The van der Waals surface area contributed by atoms with Crippen molar-refractivity contribution in [3.63, 3.8) is 0 Å². The smallest absolute Gasteiger partial charge is 0.323 e. The first kappa shape index (κ1) is 16.7. The van der Waals surface area contributed by atoms with E-state index in [0.717, 1.165) is 22.2 Å². The number of carbonyl (C=O) groups is 2. The van der Waals surface area contributed by atoms with Gasteiger partial charge >= 0.3 is 5.97 Å². The third-order valence-corrected chi connectivity index (χ3v) is 6.34. The maximum Gasteiger partial charge on any atom is 0.323 e. The number of rotatable bonds is 1. The Morgan fingerprint density at radius 2 is 2.15 bits per heavy atom. The first-order valence-corrected chi connectivity index (χ1v) is 9.32. The first-order valence-electron chi connectivity index (χ1n) is 9.32. The van der Waals surface area contributed by atoms with Crippen LogP contribution in [0.5, 0.6) is 0 Å². The predicted molar refractivity (Wildman–Crippen MR) is 99.3 cm³/mol. The van der Waals surface area contributed by atoms with Crippen molar-refractivity contribution >= 4 is 22.7 Å². The fourth-order valence-electron chi connectivity index (χ4n) is 4.97. The molecule has 27 heavy (non-hydrogen) atoms. The Labute approximate surface area is 157 Å². The van der Waals surface area contributed by atoms with E-state index in [-0.39, 0.29) is 23.8 Å². The molecule has 2 aliphatic heterocycles. The molecule has 3 heterocycles. The minimum Gasteiger partial charge on any atom is -0.468 e. The highest BCUT2D eigenvalue weighted by atomic mass is 16.5. The number of H-pyrrole nitrogens is 1. The van der Waals surface area contributed by atoms with E-state index in [2.05, 4.69) is 16.0 Å². The Balaban J connectivity index is 1.68. The molecule has 1 N–H and O–H groups in total. The van der Waals surface area contributed by atoms with Gasteiger partial charge in [-0.15, -0.1) is 0 Å². The third-order valence-electron chi connectivity index (χ3n) is 6.34. The zero-order valence-corrected chi connectivity index (χ0v) is 15.4. The monoisotopic (exact) mass is 366 g/mol. The quantitative estimate of drug-likeness (QED) is 0.784. The number of hydrogen-bond acceptors (Lipinski definition) is 5. The molecule has 4 atom stereocenters. The third kappa shape index (κ3) is 2.33. The number of aromatic amines is 1. The number of allylic oxidation sites excluding steroid dienone is 1. The van der Waals surface area contributed by atoms with E-state index in [1.165, 1.54) is 7.11 Å². The molecular weight excluding hydrogens is 344 g/mol. The van der Waals surface area contributed by atoms with E-state index < -0.39 is 11.6 Å². The Morgan fingerprint density at radius 1 is 1.33 bits per heavy atom. The number of ether oxygens (including phenoxy) is 2. The van der Waals surface area contributed by atoms with E-state index >= 15 is 0 Å². The molecule has 1 aromatic heterocycles. The number of para-hydroxylation sites is 1. The van der Waals surface area contributed by atoms with E-state index in [9.17, 15) is 9.59 Å². The molecular formula is C21H22N2O4. The van der Waals surface area contributed by atoms with E-state index in [0.29, 0.717) is 19.4 Å². The van der Waals surface area contributed by atoms with Gasteiger partial charge < -0.3 is 14.5 Å². The first-order chi connectivity index (χ1) is 13.0. The van der Waals surface area contributed by atoms with Crippen LogP contribution < -0.4 is 0 Å². The molecule has 6 nitrogen and oxygen atoms in total. The number of nitrogens with one attached hydrogen (secondary N) is 1. The molecule has 1 aromatic carbocycles. The molecule has 1 saturated heterocycles. The zero-order chi connectivity index (χ0) is 18.8. The van der Waals surface area contributed by atoms with Crippen LogP contribution in [0.3, 0.4) is 0 Å². The number of hydrogen-bond donors (Lipinski definition) is 1. The SMILES string of the molecule is COC(=O)[C@H]1Cc2c([nH]c3ccccc23)[C@@H]2CO[C@@]3(C)C=CC(=O)C[C@H]3N12. The number of esters is 1. The van der Waals surface area contributed by atoms with Crippen LogP contribution in [0.2, 0.25) is 0 Å². The minimum atomic E-state index is -0.583. The molecule has 0 bridgehead atoms. The summed E-state index contributed by atoms with van der Waals surface area (Å²) in [6.45, 7) is 2.45. The number of benzene rings is 1. The topological polar surface area (TPSA) is 71.6 Å². The molecule has 5 rings (SSSR count). The second kappa shape index (κ2) is 5.78. The maximum absolute atomic E-state index is 12.7. The lowest BCUT2D eigenvalue weighted by molar-refractivity contribution is -0.180. The summed E-state index contributed by atoms with van der Waals surface area (Å²) in [6, 6.07) is 7.40. The van der Waals surface area contributed by atoms with Crippen LogP contribution >= 0.6 is 0 Å². The van der Waals surface area contributed by atoms with Gasteiger partial charge in [-0.05, 0) is 30.7 Å². The van der Waals surface area contributed by atoms with Crippen molar-refractivity contribution < 1.29 is 19.1 Å². The molecule has 6 heteroatoms. The van der Waals surface area contributed by atoms with Crippen LogP contribution in [0.1, 0.15) is 30.6 Å². The largest absolute Gasteiger partial charge is 0.468 e. The Hall–Kier alpha value is -2.44. The molecule has 0 saturated carbocycles. The van der Waals surface area contributed by atoms with E-state index in [1.54, 1.807) is 6.08 Å². The average Bonchev–Trinajstić information content (AvgIpc) is 3.06. The summed E-state index contributed by atoms with van der Waals surface area (Å²) in [7, 11) is 1.42. The highest BCUT2D eigenvalue weighted by Gasteiger charge is 2.54. The van der Waals surface area contributed by atoms with Gasteiger partial charge in [-0.2, -0.15) is 0 Å². The lowest BCUT2D eigenvalue weighted by Gasteiger charge is -2.55. The number of aromatic nitrogens is 1. The average molecular weight is 366 g/mol. The second-order valence-corrected chi connectivity index (χ2v) is 7.78. The van der Waals surface area contributed by atoms with Crippen molar-refractivity contribution in [2.24, 2.45) is 0 Å². The molecule has 0 spiro atoms. The van der Waals surface area contributed by atoms with Crippen LogP contribution in [-0.2, 0) is 25.5 Å². The Morgan fingerprint density at radius 3 is 2.96 bits per heavy atom. The van der Waals surface area contributed by atoms with Crippen molar-refractivity contribution in [1.29, 1.82) is 0 Å². The van der Waals surface area contributed by atoms with Crippen LogP contribution in [0.4, 0.5) is 0 Å². The maximum atomic E-state index is 12.7. The minimum absolute atomic E-state index is 0.0628. The summed E-state index contributed by atoms with van der Waals surface area (Å²) in [5.74, 6) is -0.199. The fraction of sp³-hybridized carbons (Fsp3) is 0.429. The molecule has 1 fully saturated rings. The van der Waals surface area contributed by atoms with E-state index in [4.69, 9.17) is 9.47 Å². The summed E-state index contributed by atoms with van der Waals surface area (Å²) in [6.07, 6.45) is 4.34. The van der Waals surface area contributed by atoms with Gasteiger partial charge in [0.2, 0.25) is 0 Å². The number of morpholine rings is 1. The van der Waals surface area contributed by atoms with Crippen molar-refractivity contribution in [1.82, 2.24) is 9.88 Å². The van der Waals surface area contributed by atoms with Gasteiger partial charge in [0, 0.05) is 29.4 Å². The van der Waals surface area contributed by atoms with Gasteiger partial charge in [0.15, 0.2) is 5.78 Å². The molecule has 3 aliphatic rings. The Kier molecular flexibility index (Phi) is 3.58. The van der Waals surface area contributed by atoms with Crippen molar-refractivity contribution in [2.75, 3.05) is 13.7 Å². The number of carbonyl (C=O) groups excluding carboxylic acids is 2. The van der Waals surface area contributed by atoms with Crippen molar-refractivity contribution in [2.45, 2.75) is 43.5 Å². The summed E-state index contributed by atoms with van der Waals surface area (Å²) < 4.78 is 11.4. The number of nitrogens with zero attached hydrogens (tertiary/aromatic N) is 1. The molecule has 1 aliphatic carbocycles. The van der Waals surface area contributed by atoms with Crippen molar-refractivity contribution in [3.05, 3.63) is 47.7 Å². The fourth-order valence-corrected chi connectivity index (χ4v) is 4.97.